The van der Waals surface area contributed by atoms with Crippen LogP contribution in [-0.2, 0) is 14.1 Å². The fourth-order valence-electron chi connectivity index (χ4n) is 4.15. The van der Waals surface area contributed by atoms with Gasteiger partial charge >= 0.3 is 0 Å². The minimum atomic E-state index is -0.636. The number of aromatic nitrogens is 6. The highest BCUT2D eigenvalue weighted by Crippen LogP contribution is 2.25. The van der Waals surface area contributed by atoms with Gasteiger partial charge in [-0.05, 0) is 32.9 Å². The van der Waals surface area contributed by atoms with Gasteiger partial charge in [0.15, 0.2) is 11.6 Å². The predicted octanol–water partition coefficient (Wildman–Crippen LogP) is 2.81. The molecule has 0 saturated heterocycles. The summed E-state index contributed by atoms with van der Waals surface area (Å²) in [5.41, 5.74) is 7.69. The van der Waals surface area contributed by atoms with Gasteiger partial charge in [-0.15, -0.1) is 0 Å². The zero-order valence-electron chi connectivity index (χ0n) is 21.9. The minimum absolute atomic E-state index is 0.0398. The molecule has 11 heteroatoms. The third-order valence-electron chi connectivity index (χ3n) is 5.83. The number of allylic oxidation sites excluding steroid dienone is 1. The van der Waals surface area contributed by atoms with Crippen LogP contribution in [0.15, 0.2) is 53.0 Å². The van der Waals surface area contributed by atoms with Gasteiger partial charge in [-0.1, -0.05) is 30.6 Å². The number of amides is 1. The first-order chi connectivity index (χ1) is 18.1. The number of nitrogens with one attached hydrogen (secondary N) is 1. The molecule has 1 aromatic carbocycles. The van der Waals surface area contributed by atoms with Crippen molar-refractivity contribution < 1.29 is 4.79 Å². The SMILES string of the molecule is C=C/C=N\c1c(C(=O)NC(C)c2nc3cccc(C#Cc4cnn(C)c4)c3c(=O)n2C(C)C)c(N)nn1C. The van der Waals surface area contributed by atoms with Crippen molar-refractivity contribution in [2.45, 2.75) is 32.9 Å². The molecule has 11 nitrogen and oxygen atoms in total. The van der Waals surface area contributed by atoms with Gasteiger partial charge in [-0.2, -0.15) is 10.2 Å². The maximum Gasteiger partial charge on any atom is 0.262 e. The molecule has 0 saturated carbocycles. The molecule has 0 bridgehead atoms. The lowest BCUT2D eigenvalue weighted by Gasteiger charge is -2.22. The summed E-state index contributed by atoms with van der Waals surface area (Å²) >= 11 is 0. The van der Waals surface area contributed by atoms with Crippen LogP contribution in [-0.4, -0.2) is 41.2 Å². The number of nitrogen functional groups attached to an aromatic ring is 1. The number of aliphatic imine (C=N–C) groups is 1. The fourth-order valence-corrected chi connectivity index (χ4v) is 4.15. The number of nitrogens with two attached hydrogens (primary N) is 1. The monoisotopic (exact) mass is 511 g/mol. The zero-order valence-corrected chi connectivity index (χ0v) is 21.9. The first-order valence-electron chi connectivity index (χ1n) is 12.0. The molecule has 0 aliphatic carbocycles. The minimum Gasteiger partial charge on any atom is -0.381 e. The molecule has 0 fully saturated rings. The van der Waals surface area contributed by atoms with Crippen molar-refractivity contribution in [3.63, 3.8) is 0 Å². The van der Waals surface area contributed by atoms with Gasteiger partial charge < -0.3 is 11.1 Å². The van der Waals surface area contributed by atoms with E-state index in [-0.39, 0.29) is 28.8 Å². The topological polar surface area (TPSA) is 138 Å². The lowest BCUT2D eigenvalue weighted by atomic mass is 10.1. The summed E-state index contributed by atoms with van der Waals surface area (Å²) in [5, 5.41) is 11.6. The number of hydrogen-bond acceptors (Lipinski definition) is 7. The number of carbonyl (C=O) groups excluding carboxylic acids is 1. The van der Waals surface area contributed by atoms with Gasteiger partial charge in [0.25, 0.3) is 11.5 Å². The first-order valence-corrected chi connectivity index (χ1v) is 12.0. The Hall–Kier alpha value is -4.98. The molecule has 1 amide bonds. The molecule has 0 aliphatic heterocycles. The highest BCUT2D eigenvalue weighted by molar-refractivity contribution is 6.03. The molecule has 3 N–H and O–H groups in total. The predicted molar refractivity (Wildman–Crippen MR) is 147 cm³/mol. The van der Waals surface area contributed by atoms with Crippen LogP contribution in [0, 0.1) is 11.8 Å². The molecular formula is C27H29N9O2. The van der Waals surface area contributed by atoms with Crippen LogP contribution in [0.3, 0.4) is 0 Å². The zero-order chi connectivity index (χ0) is 27.6. The van der Waals surface area contributed by atoms with E-state index < -0.39 is 11.9 Å². The number of aryl methyl sites for hydroxylation is 2. The Morgan fingerprint density at radius 2 is 2.00 bits per heavy atom. The van der Waals surface area contributed by atoms with E-state index in [1.165, 1.54) is 17.0 Å². The summed E-state index contributed by atoms with van der Waals surface area (Å²) in [6.45, 7) is 9.14. The maximum absolute atomic E-state index is 13.8. The number of benzene rings is 1. The summed E-state index contributed by atoms with van der Waals surface area (Å²) in [6, 6.07) is 4.48. The molecule has 194 valence electrons. The summed E-state index contributed by atoms with van der Waals surface area (Å²) in [6.07, 6.45) is 6.40. The van der Waals surface area contributed by atoms with Gasteiger partial charge in [-0.25, -0.2) is 14.7 Å². The van der Waals surface area contributed by atoms with Crippen LogP contribution in [0.1, 0.15) is 60.2 Å². The number of hydrogen-bond donors (Lipinski definition) is 2. The Kier molecular flexibility index (Phi) is 7.25. The van der Waals surface area contributed by atoms with Gasteiger partial charge in [0.2, 0.25) is 0 Å². The van der Waals surface area contributed by atoms with Crippen molar-refractivity contribution >= 4 is 34.7 Å². The molecule has 1 atom stereocenters. The molecule has 38 heavy (non-hydrogen) atoms. The van der Waals surface area contributed by atoms with Crippen LogP contribution < -0.4 is 16.6 Å². The Morgan fingerprint density at radius 1 is 1.24 bits per heavy atom. The van der Waals surface area contributed by atoms with Crippen molar-refractivity contribution in [2.75, 3.05) is 5.73 Å². The van der Waals surface area contributed by atoms with E-state index in [9.17, 15) is 9.59 Å². The summed E-state index contributed by atoms with van der Waals surface area (Å²) in [5.74, 6) is 6.39. The van der Waals surface area contributed by atoms with Crippen LogP contribution in [0.4, 0.5) is 11.6 Å². The normalized spacial score (nSPS) is 12.1. The molecule has 0 aliphatic rings. The lowest BCUT2D eigenvalue weighted by Crippen LogP contribution is -2.35. The number of fused-ring (bicyclic) bond motifs is 1. The molecule has 1 unspecified atom stereocenters. The third kappa shape index (κ3) is 4.97. The second-order valence-electron chi connectivity index (χ2n) is 9.01. The number of anilines is 1. The molecule has 3 aromatic heterocycles. The van der Waals surface area contributed by atoms with Crippen LogP contribution in [0.5, 0.6) is 0 Å². The third-order valence-corrected chi connectivity index (χ3v) is 5.83. The van der Waals surface area contributed by atoms with E-state index in [2.05, 4.69) is 38.9 Å². The molecular weight excluding hydrogens is 482 g/mol. The smallest absolute Gasteiger partial charge is 0.262 e. The Balaban J connectivity index is 1.77. The average molecular weight is 512 g/mol. The highest BCUT2D eigenvalue weighted by Gasteiger charge is 2.25. The Bertz CT molecular complexity index is 1690. The van der Waals surface area contributed by atoms with Gasteiger partial charge in [0.1, 0.15) is 11.4 Å². The van der Waals surface area contributed by atoms with E-state index in [0.717, 1.165) is 5.56 Å². The molecule has 0 radical (unpaired) electrons. The molecule has 4 aromatic rings. The van der Waals surface area contributed by atoms with Crippen molar-refractivity contribution in [1.82, 2.24) is 34.4 Å². The Morgan fingerprint density at radius 3 is 2.66 bits per heavy atom. The van der Waals surface area contributed by atoms with Crippen molar-refractivity contribution in [3.05, 3.63) is 76.1 Å². The van der Waals surface area contributed by atoms with Crippen LogP contribution >= 0.6 is 0 Å². The summed E-state index contributed by atoms with van der Waals surface area (Å²) < 4.78 is 4.66. The van der Waals surface area contributed by atoms with Crippen molar-refractivity contribution in [1.29, 1.82) is 0 Å². The second kappa shape index (κ2) is 10.6. The summed E-state index contributed by atoms with van der Waals surface area (Å²) in [7, 11) is 3.45. The standard InChI is InChI=1S/C27H29N9O2/c1-7-13-29-25-22(23(28)33-35(25)6)26(37)31-17(4)24-32-20-10-8-9-19(12-11-18-14-30-34(5)15-18)21(20)27(38)36(24)16(2)3/h7-10,13-17H,1H2,2-6H3,(H2,28,33)(H,31,37)/b29-13-. The number of rotatable bonds is 6. The van der Waals surface area contributed by atoms with Gasteiger partial charge in [0.05, 0.1) is 28.7 Å². The highest BCUT2D eigenvalue weighted by atomic mass is 16.2. The summed E-state index contributed by atoms with van der Waals surface area (Å²) in [4.78, 5) is 36.1. The quantitative estimate of drug-likeness (QED) is 0.302. The lowest BCUT2D eigenvalue weighted by molar-refractivity contribution is 0.0938. The number of carbonyl (C=O) groups is 1. The van der Waals surface area contributed by atoms with E-state index in [0.29, 0.717) is 22.3 Å². The van der Waals surface area contributed by atoms with E-state index >= 15 is 0 Å². The maximum atomic E-state index is 13.8. The van der Waals surface area contributed by atoms with Crippen molar-refractivity contribution in [3.8, 4) is 11.8 Å². The van der Waals surface area contributed by atoms with Gasteiger partial charge in [-0.3, -0.25) is 18.8 Å². The largest absolute Gasteiger partial charge is 0.381 e. The molecule has 0 spiro atoms. The second-order valence-corrected chi connectivity index (χ2v) is 9.01. The fraction of sp³-hybridized carbons (Fsp3) is 0.259. The van der Waals surface area contributed by atoms with Crippen LogP contribution in [0.25, 0.3) is 10.9 Å². The molecule has 4 rings (SSSR count). The van der Waals surface area contributed by atoms with E-state index in [4.69, 9.17) is 10.7 Å². The Labute approximate surface area is 219 Å². The van der Waals surface area contributed by atoms with Crippen LogP contribution in [0.2, 0.25) is 0 Å². The molecule has 3 heterocycles. The van der Waals surface area contributed by atoms with E-state index in [1.54, 1.807) is 53.8 Å². The van der Waals surface area contributed by atoms with E-state index in [1.807, 2.05) is 20.9 Å². The van der Waals surface area contributed by atoms with Gasteiger partial charge in [0, 0.05) is 38.1 Å². The number of nitrogens with zero attached hydrogens (tertiary/aromatic N) is 7. The first kappa shape index (κ1) is 26.1. The van der Waals surface area contributed by atoms with Crippen molar-refractivity contribution in [2.24, 2.45) is 19.1 Å². The average Bonchev–Trinajstić information content (AvgIpc) is 3.41.